The summed E-state index contributed by atoms with van der Waals surface area (Å²) < 4.78 is 0. The van der Waals surface area contributed by atoms with Crippen molar-refractivity contribution in [2.45, 2.75) is 19.9 Å². The molecule has 0 fully saturated rings. The van der Waals surface area contributed by atoms with Crippen molar-refractivity contribution in [2.75, 3.05) is 0 Å². The lowest BCUT2D eigenvalue weighted by Crippen LogP contribution is -2.31. The van der Waals surface area contributed by atoms with Crippen molar-refractivity contribution >= 4 is 11.8 Å². The highest BCUT2D eigenvalue weighted by Crippen LogP contribution is 2.24. The molecule has 1 unspecified atom stereocenters. The average molecular weight is 372 g/mol. The fourth-order valence-electron chi connectivity index (χ4n) is 3.16. The van der Waals surface area contributed by atoms with Gasteiger partial charge in [0.1, 0.15) is 0 Å². The summed E-state index contributed by atoms with van der Waals surface area (Å²) in [7, 11) is 0. The van der Waals surface area contributed by atoms with Gasteiger partial charge in [-0.25, -0.2) is 0 Å². The third-order valence-corrected chi connectivity index (χ3v) is 4.76. The van der Waals surface area contributed by atoms with Crippen molar-refractivity contribution in [3.05, 3.63) is 95.6 Å². The first-order chi connectivity index (χ1) is 13.5. The summed E-state index contributed by atoms with van der Waals surface area (Å²) in [6, 6.07) is 24.5. The van der Waals surface area contributed by atoms with Gasteiger partial charge in [0, 0.05) is 11.1 Å². The number of carbonyl (C=O) groups excluding carboxylic acids is 2. The Bertz CT molecular complexity index is 946. The Balaban J connectivity index is 1.76. The average Bonchev–Trinajstić information content (AvgIpc) is 2.72. The van der Waals surface area contributed by atoms with Crippen LogP contribution >= 0.6 is 0 Å². The summed E-state index contributed by atoms with van der Waals surface area (Å²) in [6.45, 7) is 4.09. The molecule has 0 aliphatic rings. The Morgan fingerprint density at radius 1 is 0.750 bits per heavy atom. The Kier molecular flexibility index (Phi) is 5.90. The largest absolute Gasteiger partial charge is 0.366 e. The van der Waals surface area contributed by atoms with Gasteiger partial charge in [-0.1, -0.05) is 68.4 Å². The predicted molar refractivity (Wildman–Crippen MR) is 112 cm³/mol. The number of carbonyl (C=O) groups is 2. The molecule has 28 heavy (non-hydrogen) atoms. The highest BCUT2D eigenvalue weighted by atomic mass is 16.2. The van der Waals surface area contributed by atoms with Crippen LogP contribution < -0.4 is 11.1 Å². The Morgan fingerprint density at radius 2 is 1.29 bits per heavy atom. The number of amides is 2. The molecule has 0 aliphatic heterocycles. The lowest BCUT2D eigenvalue weighted by atomic mass is 9.94. The van der Waals surface area contributed by atoms with Gasteiger partial charge in [0.05, 0.1) is 6.04 Å². The summed E-state index contributed by atoms with van der Waals surface area (Å²) in [5.74, 6) is -0.403. The van der Waals surface area contributed by atoms with E-state index < -0.39 is 5.91 Å². The summed E-state index contributed by atoms with van der Waals surface area (Å²) in [5, 5.41) is 3.10. The van der Waals surface area contributed by atoms with Crippen molar-refractivity contribution in [1.29, 1.82) is 0 Å². The van der Waals surface area contributed by atoms with Gasteiger partial charge in [-0.15, -0.1) is 0 Å². The van der Waals surface area contributed by atoms with E-state index in [-0.39, 0.29) is 17.9 Å². The molecule has 0 aliphatic carbocycles. The molecule has 142 valence electrons. The number of nitrogens with one attached hydrogen (secondary N) is 1. The van der Waals surface area contributed by atoms with E-state index in [1.807, 2.05) is 80.6 Å². The molecule has 0 heterocycles. The van der Waals surface area contributed by atoms with Gasteiger partial charge in [0.25, 0.3) is 5.91 Å². The number of nitrogens with two attached hydrogens (primary N) is 1. The number of primary amides is 1. The van der Waals surface area contributed by atoms with Gasteiger partial charge in [-0.2, -0.15) is 0 Å². The maximum absolute atomic E-state index is 12.8. The second kappa shape index (κ2) is 8.53. The Labute approximate surface area is 165 Å². The summed E-state index contributed by atoms with van der Waals surface area (Å²) in [6.07, 6.45) is 0. The molecule has 4 heteroatoms. The molecule has 3 aromatic carbocycles. The van der Waals surface area contributed by atoms with Crippen LogP contribution in [-0.4, -0.2) is 11.8 Å². The van der Waals surface area contributed by atoms with E-state index >= 15 is 0 Å². The summed E-state index contributed by atoms with van der Waals surface area (Å²) >= 11 is 0. The number of benzene rings is 3. The fraction of sp³-hybridized carbons (Fsp3) is 0.167. The molecule has 0 bridgehead atoms. The van der Waals surface area contributed by atoms with E-state index in [1.165, 1.54) is 0 Å². The minimum atomic E-state index is -0.463. The molecular weight excluding hydrogens is 348 g/mol. The lowest BCUT2D eigenvalue weighted by Gasteiger charge is -2.23. The minimum absolute atomic E-state index is 0.128. The van der Waals surface area contributed by atoms with Gasteiger partial charge in [0.2, 0.25) is 5.91 Å². The van der Waals surface area contributed by atoms with Crippen LogP contribution in [0.15, 0.2) is 78.9 Å². The predicted octanol–water partition coefficient (Wildman–Crippen LogP) is 4.58. The third kappa shape index (κ3) is 4.46. The zero-order valence-corrected chi connectivity index (χ0v) is 16.1. The molecule has 4 nitrogen and oxygen atoms in total. The zero-order chi connectivity index (χ0) is 20.1. The van der Waals surface area contributed by atoms with Crippen LogP contribution in [0.25, 0.3) is 11.1 Å². The van der Waals surface area contributed by atoms with Crippen LogP contribution in [0.4, 0.5) is 0 Å². The fourth-order valence-corrected chi connectivity index (χ4v) is 3.16. The second-order valence-corrected chi connectivity index (χ2v) is 7.12. The van der Waals surface area contributed by atoms with Crippen molar-refractivity contribution in [1.82, 2.24) is 5.32 Å². The van der Waals surface area contributed by atoms with Gasteiger partial charge in [0.15, 0.2) is 0 Å². The van der Waals surface area contributed by atoms with Gasteiger partial charge in [-0.05, 0) is 46.9 Å². The molecule has 0 spiro atoms. The quantitative estimate of drug-likeness (QED) is 0.665. The number of hydrogen-bond donors (Lipinski definition) is 2. The Morgan fingerprint density at radius 3 is 1.82 bits per heavy atom. The molecule has 1 atom stereocenters. The number of rotatable bonds is 6. The minimum Gasteiger partial charge on any atom is -0.366 e. The monoisotopic (exact) mass is 372 g/mol. The van der Waals surface area contributed by atoms with Crippen LogP contribution in [-0.2, 0) is 0 Å². The molecule has 0 saturated heterocycles. The van der Waals surface area contributed by atoms with Crippen molar-refractivity contribution in [3.63, 3.8) is 0 Å². The second-order valence-electron chi connectivity index (χ2n) is 7.12. The molecule has 0 saturated carbocycles. The van der Waals surface area contributed by atoms with Crippen LogP contribution in [0, 0.1) is 5.92 Å². The van der Waals surface area contributed by atoms with E-state index in [0.29, 0.717) is 11.1 Å². The highest BCUT2D eigenvalue weighted by molar-refractivity contribution is 5.95. The van der Waals surface area contributed by atoms with Crippen LogP contribution in [0.5, 0.6) is 0 Å². The molecular formula is C24H24N2O2. The maximum Gasteiger partial charge on any atom is 0.251 e. The molecule has 3 aromatic rings. The van der Waals surface area contributed by atoms with E-state index in [4.69, 9.17) is 5.73 Å². The van der Waals surface area contributed by atoms with Crippen molar-refractivity contribution in [3.8, 4) is 11.1 Å². The lowest BCUT2D eigenvalue weighted by molar-refractivity contribution is 0.0924. The first-order valence-electron chi connectivity index (χ1n) is 9.32. The first-order valence-corrected chi connectivity index (χ1v) is 9.32. The molecule has 0 aromatic heterocycles. The van der Waals surface area contributed by atoms with Crippen molar-refractivity contribution < 1.29 is 9.59 Å². The summed E-state index contributed by atoms with van der Waals surface area (Å²) in [5.41, 5.74) is 9.49. The molecule has 3 N–H and O–H groups in total. The van der Waals surface area contributed by atoms with Crippen LogP contribution in [0.1, 0.15) is 46.2 Å². The van der Waals surface area contributed by atoms with Gasteiger partial charge in [-0.3, -0.25) is 9.59 Å². The molecule has 2 amide bonds. The van der Waals surface area contributed by atoms with Gasteiger partial charge >= 0.3 is 0 Å². The molecule has 0 radical (unpaired) electrons. The van der Waals surface area contributed by atoms with E-state index in [2.05, 4.69) is 5.32 Å². The zero-order valence-electron chi connectivity index (χ0n) is 16.1. The molecule has 3 rings (SSSR count). The summed E-state index contributed by atoms with van der Waals surface area (Å²) in [4.78, 5) is 24.0. The highest BCUT2D eigenvalue weighted by Gasteiger charge is 2.19. The van der Waals surface area contributed by atoms with E-state index in [0.717, 1.165) is 16.7 Å². The smallest absolute Gasteiger partial charge is 0.251 e. The standard InChI is InChI=1S/C24H24N2O2/c1-16(2)22(19-10-12-20(13-11-19)23(25)27)26-24(28)21-14-8-18(9-15-21)17-6-4-3-5-7-17/h3-16,22H,1-2H3,(H2,25,27)(H,26,28). The SMILES string of the molecule is CC(C)C(NC(=O)c1ccc(-c2ccccc2)cc1)c1ccc(C(N)=O)cc1. The van der Waals surface area contributed by atoms with Crippen molar-refractivity contribution in [2.24, 2.45) is 11.7 Å². The van der Waals surface area contributed by atoms with Crippen LogP contribution in [0.3, 0.4) is 0 Å². The van der Waals surface area contributed by atoms with E-state index in [9.17, 15) is 9.59 Å². The normalized spacial score (nSPS) is 11.8. The maximum atomic E-state index is 12.8. The number of hydrogen-bond acceptors (Lipinski definition) is 2. The van der Waals surface area contributed by atoms with Crippen LogP contribution in [0.2, 0.25) is 0 Å². The first kappa shape index (κ1) is 19.4. The third-order valence-electron chi connectivity index (χ3n) is 4.76. The topological polar surface area (TPSA) is 72.2 Å². The van der Waals surface area contributed by atoms with Gasteiger partial charge < -0.3 is 11.1 Å². The Hall–Kier alpha value is -3.40. The van der Waals surface area contributed by atoms with E-state index in [1.54, 1.807) is 12.1 Å².